The van der Waals surface area contributed by atoms with E-state index in [1.807, 2.05) is 30.5 Å². The first-order chi connectivity index (χ1) is 10.8. The number of carbonyl (C=O) groups excluding carboxylic acids is 1. The highest BCUT2D eigenvalue weighted by Gasteiger charge is 2.17. The van der Waals surface area contributed by atoms with Gasteiger partial charge in [-0.1, -0.05) is 38.6 Å². The van der Waals surface area contributed by atoms with Gasteiger partial charge in [-0.2, -0.15) is 0 Å². The number of nitrogens with zero attached hydrogens (tertiary/aromatic N) is 1. The summed E-state index contributed by atoms with van der Waals surface area (Å²) in [6, 6.07) is 5.91. The van der Waals surface area contributed by atoms with Gasteiger partial charge in [-0.15, -0.1) is 11.3 Å². The number of methoxy groups -OCH3 is 1. The number of rotatable bonds is 5. The number of carbonyl (C=O) groups is 1. The van der Waals surface area contributed by atoms with Gasteiger partial charge in [0.05, 0.1) is 18.6 Å². The Kier molecular flexibility index (Phi) is 5.70. The van der Waals surface area contributed by atoms with Crippen molar-refractivity contribution in [2.24, 2.45) is 0 Å². The van der Waals surface area contributed by atoms with Crippen LogP contribution >= 0.6 is 23.1 Å². The van der Waals surface area contributed by atoms with E-state index in [0.717, 1.165) is 15.6 Å². The van der Waals surface area contributed by atoms with Gasteiger partial charge >= 0.3 is 0 Å². The largest absolute Gasteiger partial charge is 0.495 e. The maximum Gasteiger partial charge on any atom is 0.234 e. The monoisotopic (exact) mass is 350 g/mol. The number of amides is 1. The van der Waals surface area contributed by atoms with Crippen molar-refractivity contribution in [3.05, 3.63) is 34.8 Å². The summed E-state index contributed by atoms with van der Waals surface area (Å²) in [7, 11) is 1.61. The summed E-state index contributed by atoms with van der Waals surface area (Å²) in [4.78, 5) is 16.6. The fourth-order valence-electron chi connectivity index (χ4n) is 1.98. The Balaban J connectivity index is 2.06. The third-order valence-corrected chi connectivity index (χ3v) is 5.40. The van der Waals surface area contributed by atoms with Crippen LogP contribution in [0.15, 0.2) is 27.9 Å². The van der Waals surface area contributed by atoms with Gasteiger partial charge in [0.25, 0.3) is 0 Å². The molecule has 6 heteroatoms. The van der Waals surface area contributed by atoms with Crippen molar-refractivity contribution in [2.45, 2.75) is 37.4 Å². The highest BCUT2D eigenvalue weighted by atomic mass is 32.2. The van der Waals surface area contributed by atoms with E-state index in [1.54, 1.807) is 18.4 Å². The van der Waals surface area contributed by atoms with Crippen molar-refractivity contribution in [1.29, 1.82) is 0 Å². The van der Waals surface area contributed by atoms with Crippen LogP contribution < -0.4 is 10.1 Å². The van der Waals surface area contributed by atoms with E-state index in [9.17, 15) is 4.79 Å². The van der Waals surface area contributed by atoms with Crippen molar-refractivity contribution in [3.8, 4) is 5.75 Å². The van der Waals surface area contributed by atoms with Crippen LogP contribution in [0.4, 0.5) is 5.69 Å². The van der Waals surface area contributed by atoms with Gasteiger partial charge in [0.1, 0.15) is 5.75 Å². The summed E-state index contributed by atoms with van der Waals surface area (Å²) in [5.74, 6) is 0.934. The predicted octanol–water partition coefficient (Wildman–Crippen LogP) is 4.49. The lowest BCUT2D eigenvalue weighted by molar-refractivity contribution is -0.113. The number of nitrogens with one attached hydrogen (secondary N) is 1. The van der Waals surface area contributed by atoms with Crippen LogP contribution in [0.25, 0.3) is 0 Å². The average molecular weight is 351 g/mol. The van der Waals surface area contributed by atoms with Crippen molar-refractivity contribution in [1.82, 2.24) is 4.98 Å². The topological polar surface area (TPSA) is 51.2 Å². The molecule has 1 aromatic carbocycles. The molecule has 1 heterocycles. The van der Waals surface area contributed by atoms with E-state index >= 15 is 0 Å². The molecule has 0 fully saturated rings. The maximum absolute atomic E-state index is 12.2. The molecule has 0 radical (unpaired) electrons. The minimum atomic E-state index is -0.0628. The standard InChI is InChI=1S/C17H22N2O2S2/c1-11-9-22-16(18-11)23-10-15(20)19-13-8-12(17(2,3)4)6-7-14(13)21-5/h6-9H,10H2,1-5H3,(H,19,20). The zero-order chi connectivity index (χ0) is 17.0. The van der Waals surface area contributed by atoms with Crippen molar-refractivity contribution in [3.63, 3.8) is 0 Å². The molecule has 0 unspecified atom stereocenters. The maximum atomic E-state index is 12.2. The lowest BCUT2D eigenvalue weighted by atomic mass is 9.87. The van der Waals surface area contributed by atoms with Crippen molar-refractivity contribution >= 4 is 34.7 Å². The minimum absolute atomic E-state index is 0.0128. The number of benzene rings is 1. The molecule has 4 nitrogen and oxygen atoms in total. The molecule has 0 atom stereocenters. The van der Waals surface area contributed by atoms with E-state index in [0.29, 0.717) is 17.2 Å². The molecule has 0 bridgehead atoms. The van der Waals surface area contributed by atoms with Crippen LogP contribution in [0.5, 0.6) is 5.75 Å². The molecule has 0 aliphatic rings. The average Bonchev–Trinajstić information content (AvgIpc) is 2.90. The molecule has 124 valence electrons. The van der Waals surface area contributed by atoms with Crippen molar-refractivity contribution in [2.75, 3.05) is 18.2 Å². The summed E-state index contributed by atoms with van der Waals surface area (Å²) in [6.45, 7) is 8.37. The second-order valence-electron chi connectivity index (χ2n) is 6.26. The summed E-state index contributed by atoms with van der Waals surface area (Å²) in [5.41, 5.74) is 2.86. The molecule has 0 aliphatic heterocycles. The third-order valence-electron chi connectivity index (χ3n) is 3.26. The molecule has 23 heavy (non-hydrogen) atoms. The Hall–Kier alpha value is -1.53. The van der Waals surface area contributed by atoms with E-state index in [1.165, 1.54) is 11.8 Å². The Morgan fingerprint density at radius 2 is 2.13 bits per heavy atom. The van der Waals surface area contributed by atoms with Gasteiger partial charge in [0.15, 0.2) is 4.34 Å². The number of aromatic nitrogens is 1. The fourth-order valence-corrected chi connectivity index (χ4v) is 3.63. The second-order valence-corrected chi connectivity index (χ2v) is 8.34. The molecule has 0 saturated carbocycles. The van der Waals surface area contributed by atoms with E-state index in [2.05, 4.69) is 31.1 Å². The number of ether oxygens (including phenoxy) is 1. The summed E-state index contributed by atoms with van der Waals surface area (Å²) < 4.78 is 6.26. The van der Waals surface area contributed by atoms with Crippen LogP contribution in [0.2, 0.25) is 0 Å². The molecule has 1 N–H and O–H groups in total. The Bertz CT molecular complexity index is 690. The first kappa shape index (κ1) is 17.8. The van der Waals surface area contributed by atoms with Gasteiger partial charge in [0, 0.05) is 11.1 Å². The Labute approximate surface area is 145 Å². The molecular weight excluding hydrogens is 328 g/mol. The number of hydrogen-bond acceptors (Lipinski definition) is 5. The SMILES string of the molecule is COc1ccc(C(C)(C)C)cc1NC(=O)CSc1nc(C)cs1. The lowest BCUT2D eigenvalue weighted by Gasteiger charge is -2.21. The molecule has 2 rings (SSSR count). The molecule has 2 aromatic rings. The predicted molar refractivity (Wildman–Crippen MR) is 97.9 cm³/mol. The highest BCUT2D eigenvalue weighted by Crippen LogP contribution is 2.31. The molecular formula is C17H22N2O2S2. The van der Waals surface area contributed by atoms with Gasteiger partial charge in [-0.05, 0) is 30.0 Å². The smallest absolute Gasteiger partial charge is 0.234 e. The zero-order valence-electron chi connectivity index (χ0n) is 14.1. The third kappa shape index (κ3) is 4.97. The fraction of sp³-hybridized carbons (Fsp3) is 0.412. The molecule has 0 saturated heterocycles. The minimum Gasteiger partial charge on any atom is -0.495 e. The van der Waals surface area contributed by atoms with Crippen LogP contribution in [0.1, 0.15) is 32.0 Å². The summed E-state index contributed by atoms with van der Waals surface area (Å²) >= 11 is 3.00. The Morgan fingerprint density at radius 3 is 2.70 bits per heavy atom. The number of thiazole rings is 1. The quantitative estimate of drug-likeness (QED) is 0.807. The van der Waals surface area contributed by atoms with Gasteiger partial charge in [-0.25, -0.2) is 4.98 Å². The van der Waals surface area contributed by atoms with E-state index in [4.69, 9.17) is 4.74 Å². The molecule has 0 spiro atoms. The summed E-state index contributed by atoms with van der Waals surface area (Å²) in [6.07, 6.45) is 0. The highest BCUT2D eigenvalue weighted by molar-refractivity contribution is 8.01. The number of anilines is 1. The van der Waals surface area contributed by atoms with Gasteiger partial charge < -0.3 is 10.1 Å². The lowest BCUT2D eigenvalue weighted by Crippen LogP contribution is -2.16. The Morgan fingerprint density at radius 1 is 1.39 bits per heavy atom. The van der Waals surface area contributed by atoms with Crippen LogP contribution in [0.3, 0.4) is 0 Å². The van der Waals surface area contributed by atoms with Gasteiger partial charge in [0.2, 0.25) is 5.91 Å². The van der Waals surface area contributed by atoms with Crippen molar-refractivity contribution < 1.29 is 9.53 Å². The normalized spacial score (nSPS) is 11.3. The van der Waals surface area contributed by atoms with E-state index < -0.39 is 0 Å². The first-order valence-corrected chi connectivity index (χ1v) is 9.19. The number of hydrogen-bond donors (Lipinski definition) is 1. The van der Waals surface area contributed by atoms with E-state index in [-0.39, 0.29) is 11.3 Å². The molecule has 1 amide bonds. The van der Waals surface area contributed by atoms with Crippen LogP contribution in [-0.2, 0) is 10.2 Å². The summed E-state index contributed by atoms with van der Waals surface area (Å²) in [5, 5.41) is 4.93. The number of thioether (sulfide) groups is 1. The van der Waals surface area contributed by atoms with Gasteiger partial charge in [-0.3, -0.25) is 4.79 Å². The van der Waals surface area contributed by atoms with Crippen LogP contribution in [-0.4, -0.2) is 23.8 Å². The zero-order valence-corrected chi connectivity index (χ0v) is 15.7. The van der Waals surface area contributed by atoms with Crippen LogP contribution in [0, 0.1) is 6.92 Å². The molecule has 0 aliphatic carbocycles. The first-order valence-electron chi connectivity index (χ1n) is 7.33. The second kappa shape index (κ2) is 7.36. The number of aryl methyl sites for hydroxylation is 1. The molecule has 1 aromatic heterocycles.